The van der Waals surface area contributed by atoms with Crippen molar-refractivity contribution in [2.75, 3.05) is 28.4 Å². The summed E-state index contributed by atoms with van der Waals surface area (Å²) in [5.41, 5.74) is 0. The molecule has 3 N–H and O–H groups in total. The minimum absolute atomic E-state index is 0. The van der Waals surface area contributed by atoms with Crippen LogP contribution in [0.25, 0.3) is 0 Å². The molecule has 0 heterocycles. The predicted octanol–water partition coefficient (Wildman–Crippen LogP) is 0.170. The Morgan fingerprint density at radius 2 is 0.900 bits per heavy atom. The highest BCUT2D eigenvalue weighted by molar-refractivity contribution is 6.53. The second kappa shape index (κ2) is 5.78. The highest BCUT2D eigenvalue weighted by atomic mass is 28.4. The molecule has 0 radical (unpaired) electrons. The standard InChI is InChI=1S/C4H12O4Si.H3N/c1-5-9(6-2,7-3)8-4;/h1-4H3;1H3. The zero-order valence-corrected chi connectivity index (χ0v) is 7.84. The maximum atomic E-state index is 4.86. The van der Waals surface area contributed by atoms with Crippen molar-refractivity contribution in [3.05, 3.63) is 0 Å². The van der Waals surface area contributed by atoms with E-state index in [1.54, 1.807) is 0 Å². The van der Waals surface area contributed by atoms with Gasteiger partial charge in [-0.25, -0.2) is 0 Å². The highest BCUT2D eigenvalue weighted by Gasteiger charge is 2.40. The van der Waals surface area contributed by atoms with Crippen LogP contribution < -0.4 is 6.15 Å². The van der Waals surface area contributed by atoms with Crippen LogP contribution in [-0.4, -0.2) is 37.5 Å². The summed E-state index contributed by atoms with van der Waals surface area (Å²) in [6, 6.07) is 0. The van der Waals surface area contributed by atoms with E-state index < -0.39 is 9.05 Å². The Hall–Kier alpha value is 0.0169. The van der Waals surface area contributed by atoms with Gasteiger partial charge in [-0.05, 0) is 0 Å². The molecule has 0 spiro atoms. The average molecular weight is 169 g/mol. The molecule has 6 heteroatoms. The van der Waals surface area contributed by atoms with Crippen molar-refractivity contribution in [3.8, 4) is 0 Å². The van der Waals surface area contributed by atoms with E-state index >= 15 is 0 Å². The zero-order valence-electron chi connectivity index (χ0n) is 6.84. The molecule has 0 aromatic rings. The molecule has 10 heavy (non-hydrogen) atoms. The first kappa shape index (κ1) is 12.7. The van der Waals surface area contributed by atoms with Crippen LogP contribution in [0.2, 0.25) is 0 Å². The van der Waals surface area contributed by atoms with Gasteiger partial charge in [0.2, 0.25) is 0 Å². The maximum absolute atomic E-state index is 4.86. The average Bonchev–Trinajstić information content (AvgIpc) is 1.95. The Morgan fingerprint density at radius 1 is 0.700 bits per heavy atom. The first-order chi connectivity index (χ1) is 4.24. The molecule has 0 aliphatic carbocycles. The van der Waals surface area contributed by atoms with Crippen molar-refractivity contribution in [1.29, 1.82) is 0 Å². The Balaban J connectivity index is 0. The van der Waals surface area contributed by atoms with E-state index in [1.807, 2.05) is 0 Å². The quantitative estimate of drug-likeness (QED) is 0.607. The molecule has 0 unspecified atom stereocenters. The fourth-order valence-electron chi connectivity index (χ4n) is 0.500. The maximum Gasteiger partial charge on any atom is 0.678 e. The summed E-state index contributed by atoms with van der Waals surface area (Å²) >= 11 is 0. The fourth-order valence-corrected chi connectivity index (χ4v) is 1.50. The van der Waals surface area contributed by atoms with Crippen LogP contribution in [0.15, 0.2) is 0 Å². The van der Waals surface area contributed by atoms with Gasteiger partial charge >= 0.3 is 9.05 Å². The van der Waals surface area contributed by atoms with Gasteiger partial charge in [-0.3, -0.25) is 0 Å². The van der Waals surface area contributed by atoms with E-state index in [9.17, 15) is 0 Å². The normalized spacial score (nSPS) is 10.8. The van der Waals surface area contributed by atoms with Gasteiger partial charge in [0.1, 0.15) is 0 Å². The third kappa shape index (κ3) is 2.73. The van der Waals surface area contributed by atoms with E-state index in [0.29, 0.717) is 0 Å². The van der Waals surface area contributed by atoms with E-state index in [4.69, 9.17) is 17.7 Å². The summed E-state index contributed by atoms with van der Waals surface area (Å²) in [6.07, 6.45) is 0. The van der Waals surface area contributed by atoms with Gasteiger partial charge in [-0.1, -0.05) is 0 Å². The van der Waals surface area contributed by atoms with Gasteiger partial charge in [0, 0.05) is 28.4 Å². The lowest BCUT2D eigenvalue weighted by molar-refractivity contribution is 0.0226. The van der Waals surface area contributed by atoms with E-state index in [2.05, 4.69) is 0 Å². The Kier molecular flexibility index (Phi) is 7.32. The van der Waals surface area contributed by atoms with Gasteiger partial charge in [-0.2, -0.15) is 0 Å². The summed E-state index contributed by atoms with van der Waals surface area (Å²) in [5, 5.41) is 0. The lowest BCUT2D eigenvalue weighted by Crippen LogP contribution is -2.45. The molecule has 64 valence electrons. The van der Waals surface area contributed by atoms with Crippen molar-refractivity contribution in [2.45, 2.75) is 0 Å². The highest BCUT2D eigenvalue weighted by Crippen LogP contribution is 2.04. The molecule has 0 amide bonds. The third-order valence-electron chi connectivity index (χ3n) is 1.00. The molecule has 0 aliphatic rings. The van der Waals surface area contributed by atoms with Gasteiger partial charge in [0.05, 0.1) is 0 Å². The fraction of sp³-hybridized carbons (Fsp3) is 1.00. The van der Waals surface area contributed by atoms with Gasteiger partial charge in [0.25, 0.3) is 0 Å². The minimum Gasteiger partial charge on any atom is -0.355 e. The molecule has 0 aliphatic heterocycles. The summed E-state index contributed by atoms with van der Waals surface area (Å²) in [5.74, 6) is 0. The molecule has 0 aromatic carbocycles. The van der Waals surface area contributed by atoms with Crippen LogP contribution in [-0.2, 0) is 17.7 Å². The van der Waals surface area contributed by atoms with E-state index in [1.165, 1.54) is 28.4 Å². The van der Waals surface area contributed by atoms with E-state index in [-0.39, 0.29) is 6.15 Å². The van der Waals surface area contributed by atoms with Crippen LogP contribution in [0, 0.1) is 0 Å². The topological polar surface area (TPSA) is 71.9 Å². The lowest BCUT2D eigenvalue weighted by atomic mass is 11.8. The van der Waals surface area contributed by atoms with Crippen LogP contribution in [0.3, 0.4) is 0 Å². The molecule has 0 aromatic heterocycles. The van der Waals surface area contributed by atoms with Crippen LogP contribution in [0.4, 0.5) is 0 Å². The van der Waals surface area contributed by atoms with Crippen LogP contribution >= 0.6 is 0 Å². The molecule has 5 nitrogen and oxygen atoms in total. The summed E-state index contributed by atoms with van der Waals surface area (Å²) < 4.78 is 19.4. The smallest absolute Gasteiger partial charge is 0.355 e. The zero-order chi connectivity index (χ0) is 7.33. The van der Waals surface area contributed by atoms with Gasteiger partial charge in [0.15, 0.2) is 0 Å². The molecular weight excluding hydrogens is 154 g/mol. The second-order valence-corrected chi connectivity index (χ2v) is 3.95. The molecule has 0 bridgehead atoms. The SMILES string of the molecule is CO[Si](OC)(OC)OC.N. The summed E-state index contributed by atoms with van der Waals surface area (Å²) in [6.45, 7) is 0. The largest absolute Gasteiger partial charge is 0.678 e. The molecule has 0 fully saturated rings. The third-order valence-corrected chi connectivity index (χ3v) is 3.00. The van der Waals surface area contributed by atoms with Gasteiger partial charge in [-0.15, -0.1) is 0 Å². The monoisotopic (exact) mass is 169 g/mol. The number of rotatable bonds is 4. The summed E-state index contributed by atoms with van der Waals surface area (Å²) in [4.78, 5) is 0. The minimum atomic E-state index is -2.69. The molecule has 0 atom stereocenters. The first-order valence-electron chi connectivity index (χ1n) is 2.45. The number of hydrogen-bond acceptors (Lipinski definition) is 5. The van der Waals surface area contributed by atoms with Crippen LogP contribution in [0.5, 0.6) is 0 Å². The van der Waals surface area contributed by atoms with Crippen molar-refractivity contribution >= 4 is 9.05 Å². The number of hydrogen-bond donors (Lipinski definition) is 1. The molecule has 0 rings (SSSR count). The van der Waals surface area contributed by atoms with Crippen molar-refractivity contribution in [3.63, 3.8) is 0 Å². The molecule has 0 saturated heterocycles. The Morgan fingerprint density at radius 3 is 0.900 bits per heavy atom. The van der Waals surface area contributed by atoms with Crippen molar-refractivity contribution in [1.82, 2.24) is 6.15 Å². The summed E-state index contributed by atoms with van der Waals surface area (Å²) in [7, 11) is 3.26. The van der Waals surface area contributed by atoms with Crippen LogP contribution in [0.1, 0.15) is 0 Å². The van der Waals surface area contributed by atoms with Gasteiger partial charge < -0.3 is 23.9 Å². The first-order valence-corrected chi connectivity index (χ1v) is 4.08. The van der Waals surface area contributed by atoms with E-state index in [0.717, 1.165) is 0 Å². The Labute approximate surface area is 62.3 Å². The van der Waals surface area contributed by atoms with Crippen molar-refractivity contribution < 1.29 is 17.7 Å². The second-order valence-electron chi connectivity index (χ2n) is 1.32. The van der Waals surface area contributed by atoms with Crippen molar-refractivity contribution in [2.24, 2.45) is 0 Å². The molecule has 0 saturated carbocycles. The predicted molar refractivity (Wildman–Crippen MR) is 38.8 cm³/mol. The lowest BCUT2D eigenvalue weighted by Gasteiger charge is -2.19. The molecular formula is C4H15NO4Si. The Bertz CT molecular complexity index is 60.1.